The van der Waals surface area contributed by atoms with Crippen LogP contribution >= 0.6 is 11.8 Å². The molecule has 0 spiro atoms. The van der Waals surface area contributed by atoms with Crippen molar-refractivity contribution in [2.24, 2.45) is 0 Å². The molecule has 0 aliphatic carbocycles. The van der Waals surface area contributed by atoms with Crippen LogP contribution in [0.2, 0.25) is 0 Å². The van der Waals surface area contributed by atoms with Gasteiger partial charge >= 0.3 is 0 Å². The van der Waals surface area contributed by atoms with Crippen molar-refractivity contribution >= 4 is 17.7 Å². The van der Waals surface area contributed by atoms with Gasteiger partial charge in [-0.3, -0.25) is 0 Å². The molecule has 2 N–H and O–H groups in total. The Morgan fingerprint density at radius 2 is 1.69 bits per heavy atom. The summed E-state index contributed by atoms with van der Waals surface area (Å²) in [5, 5.41) is 19.6. The van der Waals surface area contributed by atoms with Gasteiger partial charge in [-0.1, -0.05) is 36.0 Å². The molecular formula is C19H19N4O5S-. The molecule has 10 heteroatoms. The molecule has 0 fully saturated rings. The van der Waals surface area contributed by atoms with Crippen molar-refractivity contribution in [1.82, 2.24) is 14.9 Å². The lowest BCUT2D eigenvalue weighted by atomic mass is 10.1. The number of carboxylic acid groups (broad SMARTS) is 1. The number of benzene rings is 2. The maximum absolute atomic E-state index is 10.8. The van der Waals surface area contributed by atoms with Gasteiger partial charge in [-0.05, 0) is 23.3 Å². The second-order valence-electron chi connectivity index (χ2n) is 5.86. The number of nitrogen functional groups attached to an aromatic ring is 1. The van der Waals surface area contributed by atoms with Crippen molar-refractivity contribution in [3.05, 3.63) is 47.5 Å². The van der Waals surface area contributed by atoms with Gasteiger partial charge in [0.15, 0.2) is 17.3 Å². The largest absolute Gasteiger partial charge is 0.545 e. The number of hydrogen-bond acceptors (Lipinski definition) is 9. The van der Waals surface area contributed by atoms with Crippen molar-refractivity contribution < 1.29 is 24.1 Å². The molecule has 9 nitrogen and oxygen atoms in total. The van der Waals surface area contributed by atoms with Gasteiger partial charge in [-0.2, -0.15) is 0 Å². The monoisotopic (exact) mass is 415 g/mol. The average Bonchev–Trinajstić information content (AvgIpc) is 3.11. The average molecular weight is 415 g/mol. The van der Waals surface area contributed by atoms with Crippen LogP contribution in [0.4, 0.5) is 0 Å². The van der Waals surface area contributed by atoms with E-state index >= 15 is 0 Å². The number of carbonyl (C=O) groups is 1. The SMILES string of the molecule is COc1cc(-c2nnc(SCc3ccc(C(=O)[O-])cc3)n2N)cc(OC)c1OC. The minimum absolute atomic E-state index is 0.130. The number of carbonyl (C=O) groups excluding carboxylic acids is 1. The molecule has 0 saturated heterocycles. The third kappa shape index (κ3) is 4.21. The van der Waals surface area contributed by atoms with Crippen molar-refractivity contribution in [2.45, 2.75) is 10.9 Å². The van der Waals surface area contributed by atoms with Crippen LogP contribution in [0.25, 0.3) is 11.4 Å². The minimum atomic E-state index is -1.21. The first-order valence-corrected chi connectivity index (χ1v) is 9.41. The number of nitrogens with zero attached hydrogens (tertiary/aromatic N) is 3. The van der Waals surface area contributed by atoms with E-state index in [0.29, 0.717) is 39.5 Å². The van der Waals surface area contributed by atoms with Crippen LogP contribution in [0.15, 0.2) is 41.6 Å². The van der Waals surface area contributed by atoms with Gasteiger partial charge in [-0.25, -0.2) is 4.68 Å². The van der Waals surface area contributed by atoms with Crippen molar-refractivity contribution in [1.29, 1.82) is 0 Å². The van der Waals surface area contributed by atoms with Crippen LogP contribution in [0.1, 0.15) is 15.9 Å². The van der Waals surface area contributed by atoms with Crippen molar-refractivity contribution in [2.75, 3.05) is 27.2 Å². The van der Waals surface area contributed by atoms with Gasteiger partial charge in [0, 0.05) is 11.3 Å². The highest BCUT2D eigenvalue weighted by Gasteiger charge is 2.18. The molecule has 0 saturated carbocycles. The molecular weight excluding hydrogens is 396 g/mol. The molecule has 2 aromatic carbocycles. The molecule has 0 aliphatic rings. The molecule has 1 aromatic heterocycles. The Hall–Kier alpha value is -3.40. The number of aromatic nitrogens is 3. The molecule has 1 heterocycles. The van der Waals surface area contributed by atoms with E-state index in [2.05, 4.69) is 10.2 Å². The van der Waals surface area contributed by atoms with E-state index in [1.807, 2.05) is 0 Å². The fraction of sp³-hybridized carbons (Fsp3) is 0.211. The Morgan fingerprint density at radius 3 is 2.21 bits per heavy atom. The number of hydrogen-bond donors (Lipinski definition) is 1. The van der Waals surface area contributed by atoms with E-state index in [9.17, 15) is 9.90 Å². The molecule has 152 valence electrons. The number of methoxy groups -OCH3 is 3. The Morgan fingerprint density at radius 1 is 1.07 bits per heavy atom. The Balaban J connectivity index is 1.83. The second-order valence-corrected chi connectivity index (χ2v) is 6.81. The molecule has 0 aliphatic heterocycles. The van der Waals surface area contributed by atoms with Gasteiger partial charge in [0.05, 0.1) is 27.3 Å². The van der Waals surface area contributed by atoms with Gasteiger partial charge < -0.3 is 30.0 Å². The summed E-state index contributed by atoms with van der Waals surface area (Å²) in [6, 6.07) is 9.91. The Kier molecular flexibility index (Phi) is 6.13. The lowest BCUT2D eigenvalue weighted by molar-refractivity contribution is -0.255. The summed E-state index contributed by atoms with van der Waals surface area (Å²) in [7, 11) is 4.59. The van der Waals surface area contributed by atoms with Crippen molar-refractivity contribution in [3.63, 3.8) is 0 Å². The van der Waals surface area contributed by atoms with E-state index in [-0.39, 0.29) is 5.56 Å². The maximum Gasteiger partial charge on any atom is 0.210 e. The first-order valence-electron chi connectivity index (χ1n) is 8.42. The summed E-state index contributed by atoms with van der Waals surface area (Å²) in [6.07, 6.45) is 0. The number of rotatable bonds is 8. The van der Waals surface area contributed by atoms with Crippen LogP contribution in [0.3, 0.4) is 0 Å². The Bertz CT molecular complexity index is 995. The zero-order chi connectivity index (χ0) is 21.0. The summed E-state index contributed by atoms with van der Waals surface area (Å²) in [4.78, 5) is 10.8. The van der Waals surface area contributed by atoms with Gasteiger partial charge in [-0.15, -0.1) is 10.2 Å². The first-order chi connectivity index (χ1) is 14.0. The molecule has 0 bridgehead atoms. The Labute approximate surface area is 171 Å². The van der Waals surface area contributed by atoms with Crippen LogP contribution in [0, 0.1) is 0 Å². The summed E-state index contributed by atoms with van der Waals surface area (Å²) in [5.74, 6) is 7.38. The normalized spacial score (nSPS) is 10.6. The molecule has 29 heavy (non-hydrogen) atoms. The van der Waals surface area contributed by atoms with Crippen LogP contribution in [-0.4, -0.2) is 42.2 Å². The fourth-order valence-electron chi connectivity index (χ4n) is 2.67. The lowest BCUT2D eigenvalue weighted by Crippen LogP contribution is -2.21. The zero-order valence-corrected chi connectivity index (χ0v) is 16.9. The number of thioether (sulfide) groups is 1. The highest BCUT2D eigenvalue weighted by Crippen LogP contribution is 2.41. The third-order valence-corrected chi connectivity index (χ3v) is 5.16. The summed E-state index contributed by atoms with van der Waals surface area (Å²) < 4.78 is 17.4. The van der Waals surface area contributed by atoms with E-state index in [4.69, 9.17) is 20.1 Å². The van der Waals surface area contributed by atoms with E-state index in [1.165, 1.54) is 49.9 Å². The predicted molar refractivity (Wildman–Crippen MR) is 106 cm³/mol. The molecule has 0 unspecified atom stereocenters. The van der Waals surface area contributed by atoms with Crippen molar-refractivity contribution in [3.8, 4) is 28.6 Å². The quantitative estimate of drug-likeness (QED) is 0.428. The first kappa shape index (κ1) is 20.3. The summed E-state index contributed by atoms with van der Waals surface area (Å²) >= 11 is 1.37. The van der Waals surface area contributed by atoms with Crippen LogP contribution < -0.4 is 25.2 Å². The topological polar surface area (TPSA) is 125 Å². The predicted octanol–water partition coefficient (Wildman–Crippen LogP) is 1.34. The van der Waals surface area contributed by atoms with E-state index in [0.717, 1.165) is 5.56 Å². The number of aromatic carboxylic acids is 1. The number of nitrogens with two attached hydrogens (primary N) is 1. The smallest absolute Gasteiger partial charge is 0.210 e. The highest BCUT2D eigenvalue weighted by molar-refractivity contribution is 7.98. The highest BCUT2D eigenvalue weighted by atomic mass is 32.2. The molecule has 0 amide bonds. The molecule has 3 rings (SSSR count). The van der Waals surface area contributed by atoms with Gasteiger partial charge in [0.1, 0.15) is 0 Å². The second kappa shape index (κ2) is 8.74. The third-order valence-electron chi connectivity index (χ3n) is 4.15. The summed E-state index contributed by atoms with van der Waals surface area (Å²) in [6.45, 7) is 0. The standard InChI is InChI=1S/C19H20N4O5S/c1-26-14-8-13(9-15(27-2)16(14)28-3)17-21-22-19(23(17)20)29-10-11-4-6-12(7-5-11)18(24)25/h4-9H,10,20H2,1-3H3,(H,24,25)/p-1. The number of ether oxygens (including phenoxy) is 3. The maximum atomic E-state index is 10.8. The number of carboxylic acids is 1. The van der Waals surface area contributed by atoms with Gasteiger partial charge in [0.2, 0.25) is 10.9 Å². The zero-order valence-electron chi connectivity index (χ0n) is 16.0. The minimum Gasteiger partial charge on any atom is -0.545 e. The van der Waals surface area contributed by atoms with E-state index in [1.54, 1.807) is 24.3 Å². The fourth-order valence-corrected chi connectivity index (χ4v) is 3.48. The van der Waals surface area contributed by atoms with Crippen LogP contribution in [0.5, 0.6) is 17.2 Å². The van der Waals surface area contributed by atoms with E-state index < -0.39 is 5.97 Å². The van der Waals surface area contributed by atoms with Gasteiger partial charge in [0.25, 0.3) is 0 Å². The molecule has 0 atom stereocenters. The molecule has 0 radical (unpaired) electrons. The lowest BCUT2D eigenvalue weighted by Gasteiger charge is -2.13. The van der Waals surface area contributed by atoms with Crippen LogP contribution in [-0.2, 0) is 5.75 Å². The summed E-state index contributed by atoms with van der Waals surface area (Å²) in [5.41, 5.74) is 1.70. The molecule has 3 aromatic rings.